The Morgan fingerprint density at radius 3 is 2.40 bits per heavy atom. The maximum Gasteiger partial charge on any atom is 0.334 e. The summed E-state index contributed by atoms with van der Waals surface area (Å²) in [5.74, 6) is 4.67. The van der Waals surface area contributed by atoms with Crippen molar-refractivity contribution < 1.29 is 14.7 Å². The van der Waals surface area contributed by atoms with E-state index >= 15 is 0 Å². The molecular formula is C14H19N3O3. The summed E-state index contributed by atoms with van der Waals surface area (Å²) in [4.78, 5) is 24.6. The Morgan fingerprint density at radius 2 is 1.85 bits per heavy atom. The van der Waals surface area contributed by atoms with Crippen LogP contribution in [0.4, 0.5) is 4.79 Å². The number of hydrogen-bond donors (Lipinski definition) is 2. The van der Waals surface area contributed by atoms with Crippen LogP contribution in [-0.4, -0.2) is 40.1 Å². The molecule has 0 aliphatic carbocycles. The number of carbonyl (C=O) groups is 2. The number of benzene rings is 1. The van der Waals surface area contributed by atoms with Crippen LogP contribution in [0.25, 0.3) is 0 Å². The van der Waals surface area contributed by atoms with Crippen LogP contribution in [0.5, 0.6) is 0 Å². The summed E-state index contributed by atoms with van der Waals surface area (Å²) >= 11 is 0. The number of carboxylic acid groups (broad SMARTS) is 1. The molecular weight excluding hydrogens is 258 g/mol. The first-order chi connectivity index (χ1) is 9.58. The lowest BCUT2D eigenvalue weighted by Gasteiger charge is -2.32. The monoisotopic (exact) mass is 277 g/mol. The molecule has 0 spiro atoms. The van der Waals surface area contributed by atoms with Gasteiger partial charge in [-0.05, 0) is 18.4 Å². The lowest BCUT2D eigenvalue weighted by molar-refractivity contribution is -0.143. The van der Waals surface area contributed by atoms with E-state index in [1.165, 1.54) is 5.01 Å². The Hall–Kier alpha value is -2.08. The maximum atomic E-state index is 12.2. The second-order valence-corrected chi connectivity index (χ2v) is 5.00. The molecule has 1 aromatic carbocycles. The second kappa shape index (κ2) is 6.38. The molecule has 6 nitrogen and oxygen atoms in total. The molecule has 3 N–H and O–H groups in total. The van der Waals surface area contributed by atoms with Crippen LogP contribution < -0.4 is 5.84 Å². The number of aliphatic carboxylic acids is 1. The number of rotatable bonds is 3. The van der Waals surface area contributed by atoms with Gasteiger partial charge in [0.15, 0.2) is 0 Å². The predicted molar refractivity (Wildman–Crippen MR) is 73.5 cm³/mol. The molecule has 1 fully saturated rings. The summed E-state index contributed by atoms with van der Waals surface area (Å²) in [7, 11) is 0. The third-order valence-electron chi connectivity index (χ3n) is 3.56. The number of likely N-dealkylation sites (tertiary alicyclic amines) is 1. The third kappa shape index (κ3) is 3.48. The number of hydrazine groups is 1. The molecule has 108 valence electrons. The normalized spacial score (nSPS) is 15.9. The molecule has 1 aliphatic rings. The number of nitrogens with two attached hydrogens (primary N) is 1. The summed E-state index contributed by atoms with van der Waals surface area (Å²) in [5, 5.41) is 10.1. The number of urea groups is 1. The van der Waals surface area contributed by atoms with Crippen molar-refractivity contribution in [1.29, 1.82) is 0 Å². The molecule has 2 rings (SSSR count). The van der Waals surface area contributed by atoms with E-state index in [9.17, 15) is 9.59 Å². The van der Waals surface area contributed by atoms with E-state index in [1.54, 1.807) is 4.90 Å². The molecule has 1 aliphatic heterocycles. The van der Waals surface area contributed by atoms with Crippen LogP contribution in [0.3, 0.4) is 0 Å². The zero-order valence-corrected chi connectivity index (χ0v) is 11.2. The molecule has 1 heterocycles. The zero-order chi connectivity index (χ0) is 14.5. The first-order valence-corrected chi connectivity index (χ1v) is 6.66. The lowest BCUT2D eigenvalue weighted by Crippen LogP contribution is -2.49. The SMILES string of the molecule is NN(Cc1ccccc1)C(=O)N1CCC(C(=O)O)CC1. The highest BCUT2D eigenvalue weighted by Crippen LogP contribution is 2.18. The van der Waals surface area contributed by atoms with E-state index in [1.807, 2.05) is 30.3 Å². The van der Waals surface area contributed by atoms with Gasteiger partial charge in [0.2, 0.25) is 0 Å². The number of nitrogens with zero attached hydrogens (tertiary/aromatic N) is 2. The minimum Gasteiger partial charge on any atom is -0.481 e. The Kier molecular flexibility index (Phi) is 4.57. The van der Waals surface area contributed by atoms with E-state index < -0.39 is 5.97 Å². The van der Waals surface area contributed by atoms with Crippen LogP contribution in [0.2, 0.25) is 0 Å². The summed E-state index contributed by atoms with van der Waals surface area (Å²) in [6.07, 6.45) is 0.973. The number of amides is 2. The van der Waals surface area contributed by atoms with Gasteiger partial charge in [-0.3, -0.25) is 9.80 Å². The van der Waals surface area contributed by atoms with Gasteiger partial charge >= 0.3 is 12.0 Å². The molecule has 6 heteroatoms. The molecule has 0 unspecified atom stereocenters. The minimum absolute atomic E-state index is 0.252. The van der Waals surface area contributed by atoms with Crippen molar-refractivity contribution in [2.75, 3.05) is 13.1 Å². The molecule has 2 amide bonds. The van der Waals surface area contributed by atoms with E-state index in [0.717, 1.165) is 5.56 Å². The number of carboxylic acids is 1. The summed E-state index contributed by atoms with van der Waals surface area (Å²) in [6.45, 7) is 1.23. The average Bonchev–Trinajstić information content (AvgIpc) is 2.47. The molecule has 0 radical (unpaired) electrons. The van der Waals surface area contributed by atoms with Crippen molar-refractivity contribution in [3.05, 3.63) is 35.9 Å². The quantitative estimate of drug-likeness (QED) is 0.495. The predicted octanol–water partition coefficient (Wildman–Crippen LogP) is 1.28. The molecule has 0 saturated carbocycles. The number of hydrogen-bond acceptors (Lipinski definition) is 3. The number of piperidine rings is 1. The van der Waals surface area contributed by atoms with Crippen molar-refractivity contribution in [1.82, 2.24) is 9.91 Å². The highest BCUT2D eigenvalue weighted by atomic mass is 16.4. The standard InChI is InChI=1S/C14H19N3O3/c15-17(10-11-4-2-1-3-5-11)14(20)16-8-6-12(7-9-16)13(18)19/h1-5,12H,6-10,15H2,(H,18,19). The molecule has 0 aromatic heterocycles. The number of carbonyl (C=O) groups excluding carboxylic acids is 1. The smallest absolute Gasteiger partial charge is 0.334 e. The zero-order valence-electron chi connectivity index (χ0n) is 11.2. The van der Waals surface area contributed by atoms with Crippen molar-refractivity contribution >= 4 is 12.0 Å². The van der Waals surface area contributed by atoms with Gasteiger partial charge in [-0.2, -0.15) is 0 Å². The molecule has 0 bridgehead atoms. The average molecular weight is 277 g/mol. The Morgan fingerprint density at radius 1 is 1.25 bits per heavy atom. The van der Waals surface area contributed by atoms with Crippen LogP contribution in [0.15, 0.2) is 30.3 Å². The van der Waals surface area contributed by atoms with Gasteiger partial charge in [-0.15, -0.1) is 0 Å². The lowest BCUT2D eigenvalue weighted by atomic mass is 9.97. The summed E-state index contributed by atoms with van der Waals surface area (Å²) in [5.41, 5.74) is 0.962. The first kappa shape index (κ1) is 14.3. The highest BCUT2D eigenvalue weighted by molar-refractivity contribution is 5.75. The van der Waals surface area contributed by atoms with Crippen LogP contribution in [0.1, 0.15) is 18.4 Å². The van der Waals surface area contributed by atoms with Crippen LogP contribution >= 0.6 is 0 Å². The van der Waals surface area contributed by atoms with Gasteiger partial charge in [0.25, 0.3) is 0 Å². The largest absolute Gasteiger partial charge is 0.481 e. The van der Waals surface area contributed by atoms with Gasteiger partial charge in [0.05, 0.1) is 12.5 Å². The third-order valence-corrected chi connectivity index (χ3v) is 3.56. The molecule has 20 heavy (non-hydrogen) atoms. The summed E-state index contributed by atoms with van der Waals surface area (Å²) < 4.78 is 0. The topological polar surface area (TPSA) is 86.9 Å². The minimum atomic E-state index is -0.786. The van der Waals surface area contributed by atoms with Crippen molar-refractivity contribution in [2.45, 2.75) is 19.4 Å². The first-order valence-electron chi connectivity index (χ1n) is 6.66. The van der Waals surface area contributed by atoms with Crippen LogP contribution in [0, 0.1) is 5.92 Å². The Bertz CT molecular complexity index is 470. The molecule has 1 aromatic rings. The highest BCUT2D eigenvalue weighted by Gasteiger charge is 2.28. The summed E-state index contributed by atoms with van der Waals surface area (Å²) in [6, 6.07) is 9.26. The van der Waals surface area contributed by atoms with E-state index in [-0.39, 0.29) is 11.9 Å². The van der Waals surface area contributed by atoms with Crippen LogP contribution in [-0.2, 0) is 11.3 Å². The fraction of sp³-hybridized carbons (Fsp3) is 0.429. The van der Waals surface area contributed by atoms with E-state index in [2.05, 4.69) is 0 Å². The second-order valence-electron chi connectivity index (χ2n) is 5.00. The van der Waals surface area contributed by atoms with E-state index in [4.69, 9.17) is 10.9 Å². The van der Waals surface area contributed by atoms with Gasteiger partial charge in [-0.1, -0.05) is 30.3 Å². The Labute approximate surface area is 117 Å². The van der Waals surface area contributed by atoms with Crippen molar-refractivity contribution in [3.63, 3.8) is 0 Å². The molecule has 1 saturated heterocycles. The van der Waals surface area contributed by atoms with Gasteiger partial charge < -0.3 is 10.0 Å². The van der Waals surface area contributed by atoms with Crippen molar-refractivity contribution in [3.8, 4) is 0 Å². The van der Waals surface area contributed by atoms with Crippen molar-refractivity contribution in [2.24, 2.45) is 11.8 Å². The Balaban J connectivity index is 1.87. The fourth-order valence-electron chi connectivity index (χ4n) is 2.35. The maximum absolute atomic E-state index is 12.2. The van der Waals surface area contributed by atoms with Gasteiger partial charge in [-0.25, -0.2) is 10.6 Å². The van der Waals surface area contributed by atoms with Gasteiger partial charge in [0, 0.05) is 13.1 Å². The van der Waals surface area contributed by atoms with E-state index in [0.29, 0.717) is 32.5 Å². The van der Waals surface area contributed by atoms with Gasteiger partial charge in [0.1, 0.15) is 0 Å². The molecule has 0 atom stereocenters. The fourth-order valence-corrected chi connectivity index (χ4v) is 2.35.